The van der Waals surface area contributed by atoms with Crippen LogP contribution in [-0.2, 0) is 0 Å². The first-order valence-electron chi connectivity index (χ1n) is 12.9. The van der Waals surface area contributed by atoms with E-state index >= 15 is 0 Å². The average molecular weight is 516 g/mol. The van der Waals surface area contributed by atoms with Gasteiger partial charge in [-0.3, -0.25) is 5.10 Å². The number of H-pyrrole nitrogens is 1. The van der Waals surface area contributed by atoms with E-state index in [1.54, 1.807) is 11.3 Å². The molecule has 3 aromatic heterocycles. The SMILES string of the molecule is C=C(c1nc(-c2[nH]nc3c(C)cccc23)sc1-c1ccc(N2CC(C)NC(C)C2)nc1)N1CC[C@H](O)C1. The number of aryl methyl sites for hydroxylation is 1. The van der Waals surface area contributed by atoms with Crippen molar-refractivity contribution in [3.05, 3.63) is 54.4 Å². The summed E-state index contributed by atoms with van der Waals surface area (Å²) in [7, 11) is 0. The quantitative estimate of drug-likeness (QED) is 0.365. The third-order valence-corrected chi connectivity index (χ3v) is 8.46. The van der Waals surface area contributed by atoms with Gasteiger partial charge in [0.25, 0.3) is 0 Å². The van der Waals surface area contributed by atoms with E-state index in [1.807, 2.05) is 6.20 Å². The minimum Gasteiger partial charge on any atom is -0.391 e. The highest BCUT2D eigenvalue weighted by atomic mass is 32.1. The Morgan fingerprint density at radius 2 is 1.95 bits per heavy atom. The van der Waals surface area contributed by atoms with Crippen LogP contribution >= 0.6 is 11.3 Å². The number of pyridine rings is 1. The van der Waals surface area contributed by atoms with E-state index in [4.69, 9.17) is 9.97 Å². The number of hydrogen-bond donors (Lipinski definition) is 3. The topological polar surface area (TPSA) is 93.2 Å². The molecule has 2 unspecified atom stereocenters. The van der Waals surface area contributed by atoms with Crippen molar-refractivity contribution in [1.29, 1.82) is 0 Å². The first kappa shape index (κ1) is 24.1. The third-order valence-electron chi connectivity index (χ3n) is 7.34. The Morgan fingerprint density at radius 3 is 2.65 bits per heavy atom. The molecule has 3 atom stereocenters. The first-order valence-corrected chi connectivity index (χ1v) is 13.7. The molecule has 4 aromatic rings. The number of aromatic nitrogens is 4. The van der Waals surface area contributed by atoms with Crippen LogP contribution in [0.25, 0.3) is 37.7 Å². The maximum absolute atomic E-state index is 10.1. The number of anilines is 1. The number of nitrogens with zero attached hydrogens (tertiary/aromatic N) is 5. The van der Waals surface area contributed by atoms with Crippen molar-refractivity contribution in [2.75, 3.05) is 31.1 Å². The van der Waals surface area contributed by atoms with E-state index in [2.05, 4.69) is 83.0 Å². The van der Waals surface area contributed by atoms with Crippen LogP contribution in [0.1, 0.15) is 31.5 Å². The zero-order chi connectivity index (χ0) is 25.7. The summed E-state index contributed by atoms with van der Waals surface area (Å²) < 4.78 is 0. The van der Waals surface area contributed by atoms with Gasteiger partial charge >= 0.3 is 0 Å². The number of nitrogens with one attached hydrogen (secondary N) is 2. The second kappa shape index (κ2) is 9.55. The van der Waals surface area contributed by atoms with Crippen LogP contribution in [0.3, 0.4) is 0 Å². The predicted molar refractivity (Wildman–Crippen MR) is 151 cm³/mol. The third kappa shape index (κ3) is 4.52. The molecule has 6 rings (SSSR count). The van der Waals surface area contributed by atoms with Crippen molar-refractivity contribution in [1.82, 2.24) is 30.4 Å². The van der Waals surface area contributed by atoms with E-state index in [1.165, 1.54) is 0 Å². The number of fused-ring (bicyclic) bond motifs is 1. The Labute approximate surface area is 221 Å². The first-order chi connectivity index (χ1) is 17.9. The smallest absolute Gasteiger partial charge is 0.143 e. The van der Waals surface area contributed by atoms with Crippen LogP contribution in [0.15, 0.2) is 43.1 Å². The van der Waals surface area contributed by atoms with Crippen LogP contribution < -0.4 is 10.2 Å². The summed E-state index contributed by atoms with van der Waals surface area (Å²) in [5.74, 6) is 0.992. The minimum absolute atomic E-state index is 0.331. The fraction of sp³-hybridized carbons (Fsp3) is 0.393. The summed E-state index contributed by atoms with van der Waals surface area (Å²) in [5.41, 5.74) is 5.69. The highest BCUT2D eigenvalue weighted by Gasteiger charge is 2.27. The Kier molecular flexibility index (Phi) is 6.22. The van der Waals surface area contributed by atoms with Gasteiger partial charge in [0.05, 0.1) is 22.2 Å². The lowest BCUT2D eigenvalue weighted by molar-refractivity contribution is 0.187. The van der Waals surface area contributed by atoms with Gasteiger partial charge in [0, 0.05) is 55.4 Å². The fourth-order valence-electron chi connectivity index (χ4n) is 5.52. The molecule has 2 fully saturated rings. The van der Waals surface area contributed by atoms with Crippen LogP contribution in [-0.4, -0.2) is 74.5 Å². The van der Waals surface area contributed by atoms with E-state index < -0.39 is 0 Å². The van der Waals surface area contributed by atoms with Crippen LogP contribution in [0, 0.1) is 6.92 Å². The van der Waals surface area contributed by atoms with Crippen LogP contribution in [0.2, 0.25) is 0 Å². The normalized spacial score (nSPS) is 22.2. The van der Waals surface area contributed by atoms with E-state index in [0.717, 1.165) is 80.9 Å². The maximum atomic E-state index is 10.1. The lowest BCUT2D eigenvalue weighted by Crippen LogP contribution is -2.54. The summed E-state index contributed by atoms with van der Waals surface area (Å²) in [6.45, 7) is 14.1. The van der Waals surface area contributed by atoms with E-state index in [-0.39, 0.29) is 6.10 Å². The van der Waals surface area contributed by atoms with Gasteiger partial charge in [-0.2, -0.15) is 5.10 Å². The molecule has 0 aliphatic carbocycles. The number of thiazole rings is 1. The molecule has 9 heteroatoms. The molecule has 1 aromatic carbocycles. The lowest BCUT2D eigenvalue weighted by atomic mass is 10.1. The Balaban J connectivity index is 1.39. The van der Waals surface area contributed by atoms with Gasteiger partial charge in [-0.25, -0.2) is 9.97 Å². The molecular weight excluding hydrogens is 482 g/mol. The number of rotatable bonds is 5. The minimum atomic E-state index is -0.331. The number of para-hydroxylation sites is 1. The molecule has 2 aliphatic heterocycles. The lowest BCUT2D eigenvalue weighted by Gasteiger charge is -2.36. The molecule has 0 bridgehead atoms. The molecule has 0 amide bonds. The van der Waals surface area contributed by atoms with Gasteiger partial charge in [0.1, 0.15) is 22.2 Å². The van der Waals surface area contributed by atoms with Crippen molar-refractivity contribution in [3.8, 4) is 21.1 Å². The van der Waals surface area contributed by atoms with Gasteiger partial charge in [0.15, 0.2) is 0 Å². The molecule has 37 heavy (non-hydrogen) atoms. The second-order valence-electron chi connectivity index (χ2n) is 10.4. The molecular formula is C28H33N7OS. The molecule has 2 saturated heterocycles. The number of aromatic amines is 1. The fourth-order valence-corrected chi connectivity index (χ4v) is 6.61. The number of benzene rings is 1. The molecule has 0 spiro atoms. The zero-order valence-corrected chi connectivity index (χ0v) is 22.3. The van der Waals surface area contributed by atoms with Crippen LogP contribution in [0.4, 0.5) is 5.82 Å². The summed E-state index contributed by atoms with van der Waals surface area (Å²) in [4.78, 5) is 15.5. The zero-order valence-electron chi connectivity index (χ0n) is 21.5. The number of likely N-dealkylation sites (tertiary alicyclic amines) is 1. The van der Waals surface area contributed by atoms with Gasteiger partial charge in [-0.05, 0) is 44.9 Å². The standard InChI is InChI=1S/C28H33N7OS/c1-16-6-5-7-22-24(16)32-33-26(22)28-31-25(19(4)34-11-10-21(36)15-34)27(37-28)20-8-9-23(29-12-20)35-13-17(2)30-18(3)14-35/h5-9,12,17-18,21,30,36H,4,10-11,13-15H2,1-3H3,(H,32,33)/t17?,18?,21-/m0/s1. The molecule has 5 heterocycles. The highest BCUT2D eigenvalue weighted by Crippen LogP contribution is 2.41. The Bertz CT molecular complexity index is 1430. The van der Waals surface area contributed by atoms with Crippen molar-refractivity contribution >= 4 is 33.8 Å². The number of piperazine rings is 1. The Hall–Kier alpha value is -3.27. The monoisotopic (exact) mass is 515 g/mol. The van der Waals surface area contributed by atoms with E-state index in [9.17, 15) is 5.11 Å². The molecule has 0 radical (unpaired) electrons. The summed E-state index contributed by atoms with van der Waals surface area (Å²) in [6, 6.07) is 11.3. The number of hydrogen-bond acceptors (Lipinski definition) is 8. The van der Waals surface area contributed by atoms with Gasteiger partial charge < -0.3 is 20.2 Å². The molecule has 2 aliphatic rings. The number of aliphatic hydroxyl groups excluding tert-OH is 1. The van der Waals surface area contributed by atoms with Crippen molar-refractivity contribution in [2.45, 2.75) is 45.4 Å². The molecule has 8 nitrogen and oxygen atoms in total. The second-order valence-corrected chi connectivity index (χ2v) is 11.4. The maximum Gasteiger partial charge on any atom is 0.143 e. The van der Waals surface area contributed by atoms with Gasteiger partial charge in [-0.1, -0.05) is 24.8 Å². The largest absolute Gasteiger partial charge is 0.391 e. The molecule has 192 valence electrons. The van der Waals surface area contributed by atoms with E-state index in [0.29, 0.717) is 18.6 Å². The average Bonchev–Trinajstić information content (AvgIpc) is 3.61. The molecule has 0 saturated carbocycles. The summed E-state index contributed by atoms with van der Waals surface area (Å²) >= 11 is 1.63. The summed E-state index contributed by atoms with van der Waals surface area (Å²) in [6.07, 6.45) is 2.37. The van der Waals surface area contributed by atoms with Crippen LogP contribution in [0.5, 0.6) is 0 Å². The highest BCUT2D eigenvalue weighted by molar-refractivity contribution is 7.18. The van der Waals surface area contributed by atoms with Crippen molar-refractivity contribution in [3.63, 3.8) is 0 Å². The number of aliphatic hydroxyl groups is 1. The summed E-state index contributed by atoms with van der Waals surface area (Å²) in [5, 5.41) is 23.4. The van der Waals surface area contributed by atoms with Gasteiger partial charge in [0.2, 0.25) is 0 Å². The predicted octanol–water partition coefficient (Wildman–Crippen LogP) is 4.28. The molecule has 3 N–H and O–H groups in total. The number of β-amino-alcohol motifs (C(OH)–C–C–N with tert-alkyl or cyclic N) is 1. The van der Waals surface area contributed by atoms with Gasteiger partial charge in [-0.15, -0.1) is 11.3 Å². The van der Waals surface area contributed by atoms with Crippen molar-refractivity contribution < 1.29 is 5.11 Å². The Morgan fingerprint density at radius 1 is 1.14 bits per heavy atom. The van der Waals surface area contributed by atoms with Crippen molar-refractivity contribution in [2.24, 2.45) is 0 Å².